The second kappa shape index (κ2) is 9.99. The molecule has 0 amide bonds. The van der Waals surface area contributed by atoms with E-state index in [0.717, 1.165) is 5.56 Å². The molecule has 164 valence electrons. The van der Waals surface area contributed by atoms with Crippen LogP contribution in [-0.4, -0.2) is 23.4 Å². The second-order valence-electron chi connectivity index (χ2n) is 8.39. The van der Waals surface area contributed by atoms with Crippen LogP contribution in [0.2, 0.25) is 0 Å². The fourth-order valence-corrected chi connectivity index (χ4v) is 3.84. The van der Waals surface area contributed by atoms with Crippen molar-refractivity contribution in [3.8, 4) is 11.5 Å². The minimum atomic E-state index is -1.52. The SMILES string of the molecule is CC(C)Oc1ccccc1C(O)(c1ccccc1OC(C)C)[C@H](N)Cc1ccccc1. The third-order valence-electron chi connectivity index (χ3n) is 5.16. The highest BCUT2D eigenvalue weighted by Gasteiger charge is 2.42. The first-order valence-electron chi connectivity index (χ1n) is 10.9. The predicted octanol–water partition coefficient (Wildman–Crippen LogP) is 5.07. The van der Waals surface area contributed by atoms with Crippen molar-refractivity contribution in [2.75, 3.05) is 0 Å². The summed E-state index contributed by atoms with van der Waals surface area (Å²) in [4.78, 5) is 0. The van der Waals surface area contributed by atoms with Gasteiger partial charge < -0.3 is 20.3 Å². The van der Waals surface area contributed by atoms with E-state index in [1.165, 1.54) is 0 Å². The maximum atomic E-state index is 12.4. The topological polar surface area (TPSA) is 64.7 Å². The molecule has 1 atom stereocenters. The van der Waals surface area contributed by atoms with E-state index in [2.05, 4.69) is 0 Å². The number of rotatable bonds is 9. The number of aliphatic hydroxyl groups is 1. The molecule has 0 aliphatic heterocycles. The van der Waals surface area contributed by atoms with E-state index in [0.29, 0.717) is 29.0 Å². The van der Waals surface area contributed by atoms with Crippen LogP contribution in [0.3, 0.4) is 0 Å². The Labute approximate surface area is 185 Å². The van der Waals surface area contributed by atoms with Gasteiger partial charge in [0.1, 0.15) is 17.1 Å². The largest absolute Gasteiger partial charge is 0.491 e. The number of nitrogens with two attached hydrogens (primary N) is 1. The summed E-state index contributed by atoms with van der Waals surface area (Å²) in [6, 6.07) is 24.5. The average molecular weight is 420 g/mol. The normalized spacial score (nSPS) is 12.8. The predicted molar refractivity (Wildman–Crippen MR) is 126 cm³/mol. The van der Waals surface area contributed by atoms with Gasteiger partial charge in [-0.25, -0.2) is 0 Å². The first-order chi connectivity index (χ1) is 14.8. The Bertz CT molecular complexity index is 915. The Morgan fingerprint density at radius 2 is 1.13 bits per heavy atom. The van der Waals surface area contributed by atoms with Crippen LogP contribution in [0, 0.1) is 0 Å². The molecule has 0 aromatic heterocycles. The minimum Gasteiger partial charge on any atom is -0.491 e. The van der Waals surface area contributed by atoms with Gasteiger partial charge in [-0.05, 0) is 51.8 Å². The van der Waals surface area contributed by atoms with Crippen molar-refractivity contribution in [2.24, 2.45) is 5.73 Å². The smallest absolute Gasteiger partial charge is 0.137 e. The van der Waals surface area contributed by atoms with Gasteiger partial charge in [-0.2, -0.15) is 0 Å². The maximum Gasteiger partial charge on any atom is 0.137 e. The van der Waals surface area contributed by atoms with E-state index in [-0.39, 0.29) is 12.2 Å². The lowest BCUT2D eigenvalue weighted by Gasteiger charge is -2.37. The third kappa shape index (κ3) is 5.27. The Kier molecular flexibility index (Phi) is 7.37. The highest BCUT2D eigenvalue weighted by molar-refractivity contribution is 5.51. The summed E-state index contributed by atoms with van der Waals surface area (Å²) < 4.78 is 12.2. The summed E-state index contributed by atoms with van der Waals surface area (Å²) in [6.45, 7) is 7.87. The van der Waals surface area contributed by atoms with Gasteiger partial charge in [0.25, 0.3) is 0 Å². The number of benzene rings is 3. The van der Waals surface area contributed by atoms with Crippen LogP contribution in [0.15, 0.2) is 78.9 Å². The molecule has 0 saturated heterocycles. The molecule has 0 radical (unpaired) electrons. The molecule has 0 unspecified atom stereocenters. The lowest BCUT2D eigenvalue weighted by molar-refractivity contribution is 0.0433. The molecule has 31 heavy (non-hydrogen) atoms. The van der Waals surface area contributed by atoms with Crippen LogP contribution in [-0.2, 0) is 12.0 Å². The van der Waals surface area contributed by atoms with E-state index in [1.54, 1.807) is 0 Å². The van der Waals surface area contributed by atoms with Gasteiger partial charge >= 0.3 is 0 Å². The number of hydrogen-bond acceptors (Lipinski definition) is 4. The van der Waals surface area contributed by atoms with Gasteiger partial charge in [0.05, 0.1) is 12.2 Å². The van der Waals surface area contributed by atoms with Crippen LogP contribution >= 0.6 is 0 Å². The molecular formula is C27H33NO3. The van der Waals surface area contributed by atoms with E-state index >= 15 is 0 Å². The molecule has 0 aliphatic carbocycles. The summed E-state index contributed by atoms with van der Waals surface area (Å²) in [5, 5.41) is 12.4. The minimum absolute atomic E-state index is 0.0436. The standard InChI is InChI=1S/C27H33NO3/c1-19(2)30-24-16-10-8-14-22(24)27(29,26(28)18-21-12-6-5-7-13-21)23-15-9-11-17-25(23)31-20(3)4/h5-17,19-20,26,29H,18,28H2,1-4H3/t26-/m1/s1. The number of para-hydroxylation sites is 2. The van der Waals surface area contributed by atoms with Crippen molar-refractivity contribution in [1.29, 1.82) is 0 Å². The fourth-order valence-electron chi connectivity index (χ4n) is 3.84. The molecule has 0 heterocycles. The zero-order chi connectivity index (χ0) is 22.4. The Hall–Kier alpha value is -2.82. The monoisotopic (exact) mass is 419 g/mol. The van der Waals surface area contributed by atoms with Crippen molar-refractivity contribution >= 4 is 0 Å². The van der Waals surface area contributed by atoms with Gasteiger partial charge in [-0.3, -0.25) is 0 Å². The molecule has 3 rings (SSSR count). The van der Waals surface area contributed by atoms with E-state index in [4.69, 9.17) is 15.2 Å². The number of ether oxygens (including phenoxy) is 2. The van der Waals surface area contributed by atoms with Gasteiger partial charge in [-0.15, -0.1) is 0 Å². The molecule has 0 fully saturated rings. The van der Waals surface area contributed by atoms with Crippen LogP contribution in [0.5, 0.6) is 11.5 Å². The quantitative estimate of drug-likeness (QED) is 0.508. The van der Waals surface area contributed by atoms with Crippen LogP contribution in [0.1, 0.15) is 44.4 Å². The molecule has 0 saturated carbocycles. The van der Waals surface area contributed by atoms with Gasteiger partial charge in [-0.1, -0.05) is 66.7 Å². The molecule has 0 spiro atoms. The molecule has 3 N–H and O–H groups in total. The molecule has 0 aliphatic rings. The molecule has 3 aromatic carbocycles. The third-order valence-corrected chi connectivity index (χ3v) is 5.16. The van der Waals surface area contributed by atoms with Crippen molar-refractivity contribution in [1.82, 2.24) is 0 Å². The summed E-state index contributed by atoms with van der Waals surface area (Å²) in [5.74, 6) is 1.23. The lowest BCUT2D eigenvalue weighted by Crippen LogP contribution is -2.48. The van der Waals surface area contributed by atoms with Crippen LogP contribution in [0.25, 0.3) is 0 Å². The highest BCUT2D eigenvalue weighted by Crippen LogP contribution is 2.43. The second-order valence-corrected chi connectivity index (χ2v) is 8.39. The van der Waals surface area contributed by atoms with Crippen molar-refractivity contribution in [3.63, 3.8) is 0 Å². The average Bonchev–Trinajstić information content (AvgIpc) is 2.74. The molecule has 0 bridgehead atoms. The van der Waals surface area contributed by atoms with Gasteiger partial charge in [0.2, 0.25) is 0 Å². The van der Waals surface area contributed by atoms with E-state index in [9.17, 15) is 5.11 Å². The summed E-state index contributed by atoms with van der Waals surface area (Å²) in [7, 11) is 0. The Morgan fingerprint density at radius 1 is 0.710 bits per heavy atom. The molecule has 3 aromatic rings. The zero-order valence-electron chi connectivity index (χ0n) is 18.8. The van der Waals surface area contributed by atoms with Crippen molar-refractivity contribution < 1.29 is 14.6 Å². The maximum absolute atomic E-state index is 12.4. The molecule has 4 heteroatoms. The first-order valence-corrected chi connectivity index (χ1v) is 10.9. The van der Waals surface area contributed by atoms with Gasteiger partial charge in [0.15, 0.2) is 0 Å². The Balaban J connectivity index is 2.18. The van der Waals surface area contributed by atoms with E-state index in [1.807, 2.05) is 107 Å². The van der Waals surface area contributed by atoms with Gasteiger partial charge in [0, 0.05) is 17.2 Å². The first kappa shape index (κ1) is 22.9. The lowest BCUT2D eigenvalue weighted by atomic mass is 9.77. The van der Waals surface area contributed by atoms with Crippen molar-refractivity contribution in [2.45, 2.75) is 58.0 Å². The fraction of sp³-hybridized carbons (Fsp3) is 0.333. The summed E-state index contributed by atoms with van der Waals surface area (Å²) in [5.41, 5.74) is 7.58. The zero-order valence-corrected chi connectivity index (χ0v) is 18.8. The molecule has 4 nitrogen and oxygen atoms in total. The molecular weight excluding hydrogens is 386 g/mol. The Morgan fingerprint density at radius 3 is 1.58 bits per heavy atom. The van der Waals surface area contributed by atoms with Crippen molar-refractivity contribution in [3.05, 3.63) is 95.6 Å². The highest BCUT2D eigenvalue weighted by atomic mass is 16.5. The number of hydrogen-bond donors (Lipinski definition) is 2. The van der Waals surface area contributed by atoms with E-state index < -0.39 is 11.6 Å². The van der Waals surface area contributed by atoms with Crippen LogP contribution in [0.4, 0.5) is 0 Å². The summed E-state index contributed by atoms with van der Waals surface area (Å²) in [6.07, 6.45) is 0.402. The summed E-state index contributed by atoms with van der Waals surface area (Å²) >= 11 is 0. The van der Waals surface area contributed by atoms with Crippen LogP contribution < -0.4 is 15.2 Å².